The number of nitrogens with one attached hydrogen (secondary N) is 1. The van der Waals surface area contributed by atoms with Gasteiger partial charge in [-0.25, -0.2) is 9.78 Å². The van der Waals surface area contributed by atoms with Gasteiger partial charge in [0.15, 0.2) is 0 Å². The van der Waals surface area contributed by atoms with Gasteiger partial charge in [-0.2, -0.15) is 0 Å². The van der Waals surface area contributed by atoms with E-state index in [0.717, 1.165) is 5.56 Å². The van der Waals surface area contributed by atoms with E-state index in [2.05, 4.69) is 21.6 Å². The van der Waals surface area contributed by atoms with Gasteiger partial charge in [-0.3, -0.25) is 4.79 Å². The van der Waals surface area contributed by atoms with E-state index in [9.17, 15) is 9.59 Å². The quantitative estimate of drug-likeness (QED) is 0.680. The minimum Gasteiger partial charge on any atom is -0.465 e. The van der Waals surface area contributed by atoms with Crippen LogP contribution < -0.4 is 5.32 Å². The smallest absolute Gasteiger partial charge is 0.338 e. The van der Waals surface area contributed by atoms with Gasteiger partial charge in [0.1, 0.15) is 5.82 Å². The van der Waals surface area contributed by atoms with Crippen molar-refractivity contribution in [2.45, 2.75) is 6.42 Å². The highest BCUT2D eigenvalue weighted by Gasteiger charge is 2.11. The Morgan fingerprint density at radius 2 is 1.95 bits per heavy atom. The van der Waals surface area contributed by atoms with Crippen molar-refractivity contribution < 1.29 is 14.3 Å². The summed E-state index contributed by atoms with van der Waals surface area (Å²) in [4.78, 5) is 27.6. The first-order chi connectivity index (χ1) is 10.6. The van der Waals surface area contributed by atoms with Crippen LogP contribution in [-0.2, 0) is 16.0 Å². The van der Waals surface area contributed by atoms with Crippen LogP contribution in [0.25, 0.3) is 0 Å². The summed E-state index contributed by atoms with van der Waals surface area (Å²) in [5, 5.41) is 2.62. The molecule has 0 saturated carbocycles. The van der Waals surface area contributed by atoms with E-state index in [0.29, 0.717) is 17.6 Å². The lowest BCUT2D eigenvalue weighted by atomic mass is 10.1. The highest BCUT2D eigenvalue weighted by Crippen LogP contribution is 2.11. The summed E-state index contributed by atoms with van der Waals surface area (Å²) in [6.07, 6.45) is 1.88. The van der Waals surface area contributed by atoms with Gasteiger partial charge in [0.25, 0.3) is 5.91 Å². The zero-order valence-electron chi connectivity index (χ0n) is 12.2. The Kier molecular flexibility index (Phi) is 5.03. The molecule has 1 aromatic carbocycles. The molecule has 1 amide bonds. The van der Waals surface area contributed by atoms with Crippen LogP contribution in [0.3, 0.4) is 0 Å². The number of hydrogen-bond acceptors (Lipinski definition) is 4. The van der Waals surface area contributed by atoms with Gasteiger partial charge in [-0.1, -0.05) is 36.9 Å². The Balaban J connectivity index is 2.02. The van der Waals surface area contributed by atoms with Crippen molar-refractivity contribution in [2.24, 2.45) is 0 Å². The number of nitrogens with zero attached hydrogens (tertiary/aromatic N) is 1. The molecule has 5 nitrogen and oxygen atoms in total. The number of ether oxygens (including phenoxy) is 1. The Hall–Kier alpha value is -2.95. The molecule has 0 atom stereocenters. The first-order valence-corrected chi connectivity index (χ1v) is 6.67. The maximum absolute atomic E-state index is 12.1. The second kappa shape index (κ2) is 7.17. The first-order valence-electron chi connectivity index (χ1n) is 6.67. The van der Waals surface area contributed by atoms with Gasteiger partial charge in [-0.15, -0.1) is 0 Å². The molecule has 5 heteroatoms. The fourth-order valence-corrected chi connectivity index (χ4v) is 1.87. The summed E-state index contributed by atoms with van der Waals surface area (Å²) in [7, 11) is 1.29. The number of benzene rings is 1. The number of carbonyl (C=O) groups excluding carboxylic acids is 2. The number of rotatable bonds is 5. The van der Waals surface area contributed by atoms with Crippen molar-refractivity contribution in [3.8, 4) is 0 Å². The molecule has 1 heterocycles. The van der Waals surface area contributed by atoms with Gasteiger partial charge < -0.3 is 10.1 Å². The van der Waals surface area contributed by atoms with Crippen LogP contribution in [0.2, 0.25) is 0 Å². The molecule has 0 aliphatic carbocycles. The standard InChI is InChI=1S/C17H16N2O3/c1-12(10-13-6-4-3-5-7-13)16(20)19-15-11-14(8-9-18-15)17(21)22-2/h3-9,11H,1,10H2,2H3,(H,18,19,20). The summed E-state index contributed by atoms with van der Waals surface area (Å²) >= 11 is 0. The average Bonchev–Trinajstić information content (AvgIpc) is 2.55. The fourth-order valence-electron chi connectivity index (χ4n) is 1.87. The van der Waals surface area contributed by atoms with Gasteiger partial charge in [0.05, 0.1) is 12.7 Å². The Morgan fingerprint density at radius 1 is 1.23 bits per heavy atom. The summed E-state index contributed by atoms with van der Waals surface area (Å²) in [5.41, 5.74) is 1.73. The summed E-state index contributed by atoms with van der Waals surface area (Å²) in [6, 6.07) is 12.5. The third-order valence-corrected chi connectivity index (χ3v) is 3.00. The second-order valence-electron chi connectivity index (χ2n) is 4.64. The van der Waals surface area contributed by atoms with Crippen molar-refractivity contribution in [1.29, 1.82) is 0 Å². The zero-order chi connectivity index (χ0) is 15.9. The Morgan fingerprint density at radius 3 is 2.64 bits per heavy atom. The van der Waals surface area contributed by atoms with Crippen molar-refractivity contribution in [2.75, 3.05) is 12.4 Å². The van der Waals surface area contributed by atoms with Crippen LogP contribution in [0.5, 0.6) is 0 Å². The number of amides is 1. The maximum Gasteiger partial charge on any atom is 0.338 e. The number of esters is 1. The molecule has 112 valence electrons. The van der Waals surface area contributed by atoms with Gasteiger partial charge >= 0.3 is 5.97 Å². The van der Waals surface area contributed by atoms with E-state index in [1.54, 1.807) is 0 Å². The lowest BCUT2D eigenvalue weighted by Crippen LogP contribution is -2.16. The number of pyridine rings is 1. The molecule has 0 aliphatic rings. The molecular weight excluding hydrogens is 280 g/mol. The highest BCUT2D eigenvalue weighted by atomic mass is 16.5. The molecule has 22 heavy (non-hydrogen) atoms. The van der Waals surface area contributed by atoms with Crippen LogP contribution in [0, 0.1) is 0 Å². The van der Waals surface area contributed by atoms with Crippen LogP contribution in [0.15, 0.2) is 60.8 Å². The molecule has 2 aromatic rings. The average molecular weight is 296 g/mol. The predicted molar refractivity (Wildman–Crippen MR) is 83.5 cm³/mol. The third kappa shape index (κ3) is 4.02. The SMILES string of the molecule is C=C(Cc1ccccc1)C(=O)Nc1cc(C(=O)OC)ccn1. The minimum atomic E-state index is -0.485. The monoisotopic (exact) mass is 296 g/mol. The van der Waals surface area contributed by atoms with Crippen molar-refractivity contribution in [1.82, 2.24) is 4.98 Å². The van der Waals surface area contributed by atoms with Crippen molar-refractivity contribution in [3.63, 3.8) is 0 Å². The molecule has 0 radical (unpaired) electrons. The largest absolute Gasteiger partial charge is 0.465 e. The van der Waals surface area contributed by atoms with E-state index >= 15 is 0 Å². The minimum absolute atomic E-state index is 0.280. The van der Waals surface area contributed by atoms with Gasteiger partial charge in [0, 0.05) is 18.2 Å². The lowest BCUT2D eigenvalue weighted by Gasteiger charge is -2.08. The molecule has 0 aliphatic heterocycles. The van der Waals surface area contributed by atoms with Gasteiger partial charge in [0.2, 0.25) is 0 Å². The number of anilines is 1. The van der Waals surface area contributed by atoms with Gasteiger partial charge in [-0.05, 0) is 17.7 Å². The molecular formula is C17H16N2O3. The Bertz CT molecular complexity index is 696. The Labute approximate surface area is 128 Å². The van der Waals surface area contributed by atoms with Crippen molar-refractivity contribution in [3.05, 3.63) is 71.9 Å². The number of carbonyl (C=O) groups is 2. The zero-order valence-corrected chi connectivity index (χ0v) is 12.2. The van der Waals surface area contributed by atoms with E-state index < -0.39 is 5.97 Å². The van der Waals surface area contributed by atoms with Crippen LogP contribution in [0.4, 0.5) is 5.82 Å². The van der Waals surface area contributed by atoms with E-state index in [-0.39, 0.29) is 11.7 Å². The lowest BCUT2D eigenvalue weighted by molar-refractivity contribution is -0.112. The molecule has 1 aromatic heterocycles. The van der Waals surface area contributed by atoms with E-state index in [4.69, 9.17) is 0 Å². The molecule has 0 spiro atoms. The third-order valence-electron chi connectivity index (χ3n) is 3.00. The summed E-state index contributed by atoms with van der Waals surface area (Å²) in [5.74, 6) is -0.540. The second-order valence-corrected chi connectivity index (χ2v) is 4.64. The summed E-state index contributed by atoms with van der Waals surface area (Å²) < 4.78 is 4.63. The molecule has 0 bridgehead atoms. The molecule has 2 rings (SSSR count). The van der Waals surface area contributed by atoms with Crippen LogP contribution >= 0.6 is 0 Å². The molecule has 0 saturated heterocycles. The van der Waals surface area contributed by atoms with Crippen molar-refractivity contribution >= 4 is 17.7 Å². The predicted octanol–water partition coefficient (Wildman–Crippen LogP) is 2.61. The molecule has 0 fully saturated rings. The maximum atomic E-state index is 12.1. The van der Waals surface area contributed by atoms with E-state index in [1.807, 2.05) is 30.3 Å². The number of hydrogen-bond donors (Lipinski definition) is 1. The number of methoxy groups -OCH3 is 1. The normalized spacial score (nSPS) is 9.86. The molecule has 0 unspecified atom stereocenters. The topological polar surface area (TPSA) is 68.3 Å². The summed E-state index contributed by atoms with van der Waals surface area (Å²) in [6.45, 7) is 3.79. The molecule has 1 N–H and O–H groups in total. The van der Waals surface area contributed by atoms with Crippen LogP contribution in [-0.4, -0.2) is 24.0 Å². The first kappa shape index (κ1) is 15.4. The number of aromatic nitrogens is 1. The van der Waals surface area contributed by atoms with E-state index in [1.165, 1.54) is 25.4 Å². The fraction of sp³-hybridized carbons (Fsp3) is 0.118. The highest BCUT2D eigenvalue weighted by molar-refractivity contribution is 6.03. The van der Waals surface area contributed by atoms with Crippen LogP contribution in [0.1, 0.15) is 15.9 Å².